The van der Waals surface area contributed by atoms with Gasteiger partial charge in [0, 0.05) is 25.3 Å². The van der Waals surface area contributed by atoms with Crippen molar-refractivity contribution in [3.8, 4) is 0 Å². The van der Waals surface area contributed by atoms with Crippen LogP contribution in [0.3, 0.4) is 0 Å². The first-order valence-electron chi connectivity index (χ1n) is 4.41. The minimum absolute atomic E-state index is 0. The third-order valence-electron chi connectivity index (χ3n) is 2.14. The van der Waals surface area contributed by atoms with Gasteiger partial charge in [0.15, 0.2) is 0 Å². The highest BCUT2D eigenvalue weighted by Gasteiger charge is 2.15. The number of hydrogen-bond donors (Lipinski definition) is 2. The molecular formula is C8H13N6. The summed E-state index contributed by atoms with van der Waals surface area (Å²) < 4.78 is 0. The molecule has 75 valence electrons. The quantitative estimate of drug-likeness (QED) is 0.639. The summed E-state index contributed by atoms with van der Waals surface area (Å²) in [6.07, 6.45) is 2.39. The van der Waals surface area contributed by atoms with Gasteiger partial charge in [-0.15, -0.1) is 0 Å². The van der Waals surface area contributed by atoms with Crippen LogP contribution in [0.5, 0.6) is 0 Å². The number of rotatable bonds is 1. The first-order valence-corrected chi connectivity index (χ1v) is 4.41. The van der Waals surface area contributed by atoms with Gasteiger partial charge in [0.1, 0.15) is 11.6 Å². The number of anilines is 3. The van der Waals surface area contributed by atoms with Crippen LogP contribution in [0.25, 0.3) is 0 Å². The number of nitrogens with two attached hydrogens (primary N) is 2. The molecule has 0 bridgehead atoms. The maximum atomic E-state index is 5.57. The molecular weight excluding hydrogens is 180 g/mol. The maximum absolute atomic E-state index is 5.57. The molecule has 1 saturated heterocycles. The van der Waals surface area contributed by atoms with Gasteiger partial charge in [0.2, 0.25) is 5.95 Å². The minimum Gasteiger partial charge on any atom is -0.383 e. The summed E-state index contributed by atoms with van der Waals surface area (Å²) in [5, 5.41) is 0. The molecule has 3 radical (unpaired) electrons. The van der Waals surface area contributed by atoms with Crippen molar-refractivity contribution >= 4 is 17.6 Å². The smallest absolute Gasteiger partial charge is 0.229 e. The summed E-state index contributed by atoms with van der Waals surface area (Å²) in [7, 11) is 0. The van der Waals surface area contributed by atoms with Crippen LogP contribution >= 0.6 is 0 Å². The Kier molecular flexibility index (Phi) is 3.08. The van der Waals surface area contributed by atoms with Crippen molar-refractivity contribution < 1.29 is 0 Å². The number of aromatic nitrogens is 2. The monoisotopic (exact) mass is 193 g/mol. The zero-order valence-electron chi connectivity index (χ0n) is 7.85. The van der Waals surface area contributed by atoms with Crippen LogP contribution in [0.4, 0.5) is 17.6 Å². The van der Waals surface area contributed by atoms with Crippen LogP contribution in [0, 0.1) is 0 Å². The van der Waals surface area contributed by atoms with E-state index in [2.05, 4.69) is 14.9 Å². The third kappa shape index (κ3) is 2.02. The Bertz CT molecular complexity index is 286. The van der Waals surface area contributed by atoms with E-state index in [-0.39, 0.29) is 6.15 Å². The number of nitrogens with zero attached hydrogens (tertiary/aromatic N) is 4. The molecule has 2 rings (SSSR count). The van der Waals surface area contributed by atoms with E-state index in [0.717, 1.165) is 13.1 Å². The summed E-state index contributed by atoms with van der Waals surface area (Å²) in [4.78, 5) is 10.4. The second-order valence-corrected chi connectivity index (χ2v) is 3.21. The topological polar surface area (TPSA) is 112 Å². The van der Waals surface area contributed by atoms with Crippen LogP contribution < -0.4 is 22.5 Å². The first kappa shape index (κ1) is 10.5. The molecule has 1 aromatic heterocycles. The van der Waals surface area contributed by atoms with E-state index >= 15 is 0 Å². The second-order valence-electron chi connectivity index (χ2n) is 3.21. The summed E-state index contributed by atoms with van der Waals surface area (Å²) in [5.41, 5.74) is 11.1. The Labute approximate surface area is 82.9 Å². The van der Waals surface area contributed by atoms with Gasteiger partial charge >= 0.3 is 0 Å². The Balaban J connectivity index is 0.000000980. The molecule has 6 heteroatoms. The average Bonchev–Trinajstić information content (AvgIpc) is 2.53. The van der Waals surface area contributed by atoms with Gasteiger partial charge in [-0.1, -0.05) is 0 Å². The zero-order chi connectivity index (χ0) is 9.26. The van der Waals surface area contributed by atoms with Gasteiger partial charge in [-0.25, -0.2) is 0 Å². The minimum atomic E-state index is 0. The van der Waals surface area contributed by atoms with Gasteiger partial charge in [-0.2, -0.15) is 9.97 Å². The lowest BCUT2D eigenvalue weighted by Crippen LogP contribution is -2.21. The van der Waals surface area contributed by atoms with E-state index in [1.54, 1.807) is 6.07 Å². The number of hydrogen-bond acceptors (Lipinski definition) is 5. The molecule has 4 N–H and O–H groups in total. The van der Waals surface area contributed by atoms with Crippen molar-refractivity contribution in [2.24, 2.45) is 0 Å². The van der Waals surface area contributed by atoms with Crippen molar-refractivity contribution in [2.45, 2.75) is 12.8 Å². The molecule has 1 fully saturated rings. The van der Waals surface area contributed by atoms with E-state index in [1.807, 2.05) is 0 Å². The molecule has 0 amide bonds. The summed E-state index contributed by atoms with van der Waals surface area (Å²) in [6.45, 7) is 2.01. The largest absolute Gasteiger partial charge is 0.383 e. The highest BCUT2D eigenvalue weighted by Crippen LogP contribution is 2.17. The zero-order valence-corrected chi connectivity index (χ0v) is 7.85. The van der Waals surface area contributed by atoms with Crippen molar-refractivity contribution in [1.82, 2.24) is 16.1 Å². The van der Waals surface area contributed by atoms with Gasteiger partial charge in [0.05, 0.1) is 0 Å². The summed E-state index contributed by atoms with van der Waals surface area (Å²) in [6, 6.07) is 1.57. The maximum Gasteiger partial charge on any atom is 0.229 e. The van der Waals surface area contributed by atoms with Crippen LogP contribution in [-0.4, -0.2) is 23.1 Å². The van der Waals surface area contributed by atoms with Gasteiger partial charge in [-0.05, 0) is 12.8 Å². The third-order valence-corrected chi connectivity index (χ3v) is 2.14. The van der Waals surface area contributed by atoms with Crippen LogP contribution in [-0.2, 0) is 0 Å². The highest BCUT2D eigenvalue weighted by molar-refractivity contribution is 5.48. The number of nitrogen functional groups attached to an aromatic ring is 2. The van der Waals surface area contributed by atoms with Crippen molar-refractivity contribution in [3.63, 3.8) is 0 Å². The standard InChI is InChI=1S/C8H13N5.N/c9-6-5-7(10)12-8(11-6)13-3-1-2-4-13;/h5H,1-4H2,(H4,9,10,11,12);. The molecule has 6 nitrogen and oxygen atoms in total. The van der Waals surface area contributed by atoms with Gasteiger partial charge in [-0.3, -0.25) is 0 Å². The Morgan fingerprint density at radius 2 is 1.57 bits per heavy atom. The van der Waals surface area contributed by atoms with E-state index in [9.17, 15) is 0 Å². The molecule has 0 aromatic carbocycles. The van der Waals surface area contributed by atoms with Crippen LogP contribution in [0.15, 0.2) is 6.07 Å². The molecule has 0 saturated carbocycles. The normalized spacial score (nSPS) is 15.3. The SMILES string of the molecule is Nc1cc(N)nc(N2CCCC2)n1.[N]. The van der Waals surface area contributed by atoms with Crippen molar-refractivity contribution in [2.75, 3.05) is 29.5 Å². The van der Waals surface area contributed by atoms with Crippen molar-refractivity contribution in [1.29, 1.82) is 0 Å². The molecule has 0 unspecified atom stereocenters. The molecule has 1 aliphatic rings. The molecule has 1 aromatic rings. The second kappa shape index (κ2) is 4.10. The molecule has 2 heterocycles. The predicted octanol–water partition coefficient (Wildman–Crippen LogP) is -0.239. The molecule has 0 aliphatic carbocycles. The molecule has 0 spiro atoms. The lowest BCUT2D eigenvalue weighted by molar-refractivity contribution is 0.903. The van der Waals surface area contributed by atoms with E-state index in [0.29, 0.717) is 17.6 Å². The lowest BCUT2D eigenvalue weighted by atomic mass is 10.4. The van der Waals surface area contributed by atoms with E-state index < -0.39 is 0 Å². The predicted molar refractivity (Wildman–Crippen MR) is 54.4 cm³/mol. The Morgan fingerprint density at radius 1 is 1.07 bits per heavy atom. The van der Waals surface area contributed by atoms with E-state index in [1.165, 1.54) is 12.8 Å². The molecule has 14 heavy (non-hydrogen) atoms. The van der Waals surface area contributed by atoms with E-state index in [4.69, 9.17) is 11.5 Å². The first-order chi connectivity index (χ1) is 6.25. The fourth-order valence-corrected chi connectivity index (χ4v) is 1.53. The molecule has 1 aliphatic heterocycles. The van der Waals surface area contributed by atoms with Crippen LogP contribution in [0.2, 0.25) is 0 Å². The summed E-state index contributed by atoms with van der Waals surface area (Å²) in [5.74, 6) is 1.54. The van der Waals surface area contributed by atoms with Crippen LogP contribution in [0.1, 0.15) is 12.8 Å². The lowest BCUT2D eigenvalue weighted by Gasteiger charge is -2.15. The van der Waals surface area contributed by atoms with Gasteiger partial charge < -0.3 is 16.4 Å². The van der Waals surface area contributed by atoms with Crippen molar-refractivity contribution in [3.05, 3.63) is 6.07 Å². The summed E-state index contributed by atoms with van der Waals surface area (Å²) >= 11 is 0. The Morgan fingerprint density at radius 3 is 2.07 bits per heavy atom. The molecule has 0 atom stereocenters. The van der Waals surface area contributed by atoms with Gasteiger partial charge in [0.25, 0.3) is 0 Å². The Hall–Kier alpha value is -1.56. The fourth-order valence-electron chi connectivity index (χ4n) is 1.53. The fraction of sp³-hybridized carbons (Fsp3) is 0.500. The highest BCUT2D eigenvalue weighted by atomic mass is 15.3. The average molecular weight is 193 g/mol.